The number of aromatic nitrogens is 1. The second kappa shape index (κ2) is 5.40. The van der Waals surface area contributed by atoms with Gasteiger partial charge in [0.1, 0.15) is 4.21 Å². The number of aryl methyl sites for hydroxylation is 1. The highest BCUT2D eigenvalue weighted by atomic mass is 35.5. The van der Waals surface area contributed by atoms with Crippen LogP contribution >= 0.6 is 45.9 Å². The molecule has 21 heavy (non-hydrogen) atoms. The molecule has 2 heterocycles. The average molecular weight is 379 g/mol. The maximum atomic E-state index is 12.2. The number of hydrogen-bond donors (Lipinski definition) is 1. The van der Waals surface area contributed by atoms with E-state index in [-0.39, 0.29) is 4.21 Å². The Labute approximate surface area is 139 Å². The van der Waals surface area contributed by atoms with Crippen LogP contribution in [-0.4, -0.2) is 13.4 Å². The van der Waals surface area contributed by atoms with Gasteiger partial charge in [0, 0.05) is 5.02 Å². The molecular weight excluding hydrogens is 371 g/mol. The van der Waals surface area contributed by atoms with Crippen molar-refractivity contribution in [2.75, 3.05) is 4.72 Å². The van der Waals surface area contributed by atoms with Crippen LogP contribution in [-0.2, 0) is 10.0 Å². The number of halogens is 2. The molecule has 0 aliphatic carbocycles. The number of benzene rings is 1. The van der Waals surface area contributed by atoms with Crippen LogP contribution in [0.2, 0.25) is 9.36 Å². The first kappa shape index (κ1) is 15.1. The van der Waals surface area contributed by atoms with Crippen LogP contribution in [0.25, 0.3) is 10.2 Å². The second-order valence-electron chi connectivity index (χ2n) is 4.20. The van der Waals surface area contributed by atoms with Crippen molar-refractivity contribution in [3.63, 3.8) is 0 Å². The summed E-state index contributed by atoms with van der Waals surface area (Å²) in [4.78, 5) is 4.31. The number of anilines is 1. The van der Waals surface area contributed by atoms with Crippen LogP contribution in [0.3, 0.4) is 0 Å². The molecule has 0 aliphatic heterocycles. The molecule has 9 heteroatoms. The minimum atomic E-state index is -3.66. The van der Waals surface area contributed by atoms with Gasteiger partial charge in [-0.25, -0.2) is 13.4 Å². The fraction of sp³-hybridized carbons (Fsp3) is 0.0833. The third-order valence-corrected chi connectivity index (χ3v) is 7.32. The van der Waals surface area contributed by atoms with Gasteiger partial charge in [-0.15, -0.1) is 11.3 Å². The second-order valence-corrected chi connectivity index (χ2v) is 9.26. The molecule has 0 fully saturated rings. The topological polar surface area (TPSA) is 59.1 Å². The zero-order valence-electron chi connectivity index (χ0n) is 10.6. The fourth-order valence-electron chi connectivity index (χ4n) is 1.75. The van der Waals surface area contributed by atoms with Gasteiger partial charge in [0.05, 0.1) is 14.6 Å². The van der Waals surface area contributed by atoms with Gasteiger partial charge in [0.2, 0.25) is 0 Å². The summed E-state index contributed by atoms with van der Waals surface area (Å²) in [6.07, 6.45) is 0. The van der Waals surface area contributed by atoms with E-state index >= 15 is 0 Å². The van der Waals surface area contributed by atoms with Gasteiger partial charge in [-0.05, 0) is 36.8 Å². The van der Waals surface area contributed by atoms with E-state index in [0.717, 1.165) is 21.6 Å². The molecule has 0 unspecified atom stereocenters. The minimum absolute atomic E-state index is 0.154. The first-order valence-electron chi connectivity index (χ1n) is 5.70. The molecule has 0 spiro atoms. The molecule has 0 aliphatic rings. The molecule has 3 aromatic rings. The maximum absolute atomic E-state index is 12.2. The molecule has 110 valence electrons. The highest BCUT2D eigenvalue weighted by molar-refractivity contribution is 7.95. The Kier molecular flexibility index (Phi) is 3.87. The molecule has 0 bridgehead atoms. The predicted octanol–water partition coefficient (Wildman–Crippen LogP) is 4.77. The zero-order valence-corrected chi connectivity index (χ0v) is 14.5. The van der Waals surface area contributed by atoms with Crippen LogP contribution in [0, 0.1) is 6.92 Å². The molecule has 1 aromatic carbocycles. The Morgan fingerprint density at radius 1 is 1.14 bits per heavy atom. The van der Waals surface area contributed by atoms with Crippen molar-refractivity contribution in [1.29, 1.82) is 0 Å². The first-order valence-corrected chi connectivity index (χ1v) is 9.58. The normalized spacial score (nSPS) is 12.0. The predicted molar refractivity (Wildman–Crippen MR) is 89.5 cm³/mol. The summed E-state index contributed by atoms with van der Waals surface area (Å²) >= 11 is 14.1. The minimum Gasteiger partial charge on any atom is -0.254 e. The van der Waals surface area contributed by atoms with E-state index < -0.39 is 10.0 Å². The van der Waals surface area contributed by atoms with E-state index in [0.29, 0.717) is 20.0 Å². The van der Waals surface area contributed by atoms with Gasteiger partial charge >= 0.3 is 0 Å². The monoisotopic (exact) mass is 378 g/mol. The van der Waals surface area contributed by atoms with E-state index in [9.17, 15) is 8.42 Å². The van der Waals surface area contributed by atoms with E-state index in [4.69, 9.17) is 23.2 Å². The smallest absolute Gasteiger partial charge is 0.254 e. The molecule has 0 saturated heterocycles. The van der Waals surface area contributed by atoms with Gasteiger partial charge in [-0.2, -0.15) is 0 Å². The van der Waals surface area contributed by atoms with E-state index in [1.807, 2.05) is 13.0 Å². The van der Waals surface area contributed by atoms with Crippen molar-refractivity contribution in [3.05, 3.63) is 39.2 Å². The Morgan fingerprint density at radius 2 is 1.90 bits per heavy atom. The highest BCUT2D eigenvalue weighted by Gasteiger charge is 2.19. The number of hydrogen-bond acceptors (Lipinski definition) is 5. The van der Waals surface area contributed by atoms with Crippen LogP contribution in [0.5, 0.6) is 0 Å². The van der Waals surface area contributed by atoms with E-state index in [2.05, 4.69) is 9.71 Å². The van der Waals surface area contributed by atoms with Crippen molar-refractivity contribution in [1.82, 2.24) is 4.98 Å². The van der Waals surface area contributed by atoms with Gasteiger partial charge < -0.3 is 0 Å². The van der Waals surface area contributed by atoms with Gasteiger partial charge in [-0.1, -0.05) is 34.5 Å². The van der Waals surface area contributed by atoms with Crippen molar-refractivity contribution >= 4 is 71.2 Å². The molecule has 1 N–H and O–H groups in total. The summed E-state index contributed by atoms with van der Waals surface area (Å²) in [5.74, 6) is 0. The molecular formula is C12H8Cl2N2O2S3. The Bertz CT molecular complexity index is 931. The maximum Gasteiger partial charge on any atom is 0.273 e. The lowest BCUT2D eigenvalue weighted by molar-refractivity contribution is 0.603. The summed E-state index contributed by atoms with van der Waals surface area (Å²) in [6.45, 7) is 1.85. The molecule has 3 rings (SSSR count). The fourth-order valence-corrected chi connectivity index (χ4v) is 5.55. The van der Waals surface area contributed by atoms with Crippen LogP contribution < -0.4 is 4.72 Å². The Morgan fingerprint density at radius 3 is 2.57 bits per heavy atom. The zero-order chi connectivity index (χ0) is 15.2. The molecule has 0 radical (unpaired) electrons. The standard InChI is InChI=1S/C12H8Cl2N2O2S3/c1-6-7(13)2-3-8-11(6)15-12(19-8)16-21(17,18)10-5-4-9(14)20-10/h2-5H,1H3,(H,15,16). The van der Waals surface area contributed by atoms with Crippen molar-refractivity contribution < 1.29 is 8.42 Å². The molecule has 0 atom stereocenters. The van der Waals surface area contributed by atoms with Crippen molar-refractivity contribution in [2.45, 2.75) is 11.1 Å². The molecule has 0 saturated carbocycles. The number of nitrogens with one attached hydrogen (secondary N) is 1. The van der Waals surface area contributed by atoms with Gasteiger partial charge in [0.25, 0.3) is 10.0 Å². The Balaban J connectivity index is 2.00. The van der Waals surface area contributed by atoms with Crippen LogP contribution in [0.1, 0.15) is 5.56 Å². The number of thiazole rings is 1. The van der Waals surface area contributed by atoms with Gasteiger partial charge in [-0.3, -0.25) is 4.72 Å². The molecule has 0 amide bonds. The lowest BCUT2D eigenvalue weighted by Gasteiger charge is -2.01. The summed E-state index contributed by atoms with van der Waals surface area (Å²) in [5, 5.41) is 0.909. The third kappa shape index (κ3) is 2.89. The van der Waals surface area contributed by atoms with E-state index in [1.165, 1.54) is 17.4 Å². The van der Waals surface area contributed by atoms with Crippen LogP contribution in [0.15, 0.2) is 28.5 Å². The van der Waals surface area contributed by atoms with Crippen LogP contribution in [0.4, 0.5) is 5.13 Å². The lowest BCUT2D eigenvalue weighted by atomic mass is 10.2. The first-order chi connectivity index (χ1) is 9.87. The average Bonchev–Trinajstić information content (AvgIpc) is 3.00. The molecule has 2 aromatic heterocycles. The quantitative estimate of drug-likeness (QED) is 0.713. The lowest BCUT2D eigenvalue weighted by Crippen LogP contribution is -2.11. The van der Waals surface area contributed by atoms with Gasteiger partial charge in [0.15, 0.2) is 5.13 Å². The summed E-state index contributed by atoms with van der Waals surface area (Å²) in [7, 11) is -3.66. The number of sulfonamides is 1. The summed E-state index contributed by atoms with van der Waals surface area (Å²) < 4.78 is 28.4. The number of nitrogens with zero attached hydrogens (tertiary/aromatic N) is 1. The van der Waals surface area contributed by atoms with Crippen molar-refractivity contribution in [3.8, 4) is 0 Å². The Hall–Kier alpha value is -0.860. The SMILES string of the molecule is Cc1c(Cl)ccc2sc(NS(=O)(=O)c3ccc(Cl)s3)nc12. The highest BCUT2D eigenvalue weighted by Crippen LogP contribution is 2.33. The molecule has 4 nitrogen and oxygen atoms in total. The third-order valence-electron chi connectivity index (χ3n) is 2.78. The summed E-state index contributed by atoms with van der Waals surface area (Å²) in [5.41, 5.74) is 1.53. The van der Waals surface area contributed by atoms with E-state index in [1.54, 1.807) is 12.1 Å². The van der Waals surface area contributed by atoms with Crippen molar-refractivity contribution in [2.24, 2.45) is 0 Å². The summed E-state index contributed by atoms with van der Waals surface area (Å²) in [6, 6.07) is 6.60. The number of thiophene rings is 1. The number of fused-ring (bicyclic) bond motifs is 1. The largest absolute Gasteiger partial charge is 0.273 e. The number of rotatable bonds is 3.